The van der Waals surface area contributed by atoms with E-state index in [0.29, 0.717) is 0 Å². The van der Waals surface area contributed by atoms with Crippen LogP contribution in [0.25, 0.3) is 0 Å². The fraction of sp³-hybridized carbons (Fsp3) is 0.294. The second-order valence-corrected chi connectivity index (χ2v) is 5.82. The minimum Gasteiger partial charge on any atom is -0.496 e. The molecular weight excluding hydrogens is 266 g/mol. The third-order valence-electron chi connectivity index (χ3n) is 3.52. The van der Waals surface area contributed by atoms with Gasteiger partial charge in [0.15, 0.2) is 0 Å². The van der Waals surface area contributed by atoms with Crippen LogP contribution in [0.15, 0.2) is 41.3 Å². The SMILES string of the molecule is COc1c(C)cc(C(N)c2ccc(SC)cc2)cc1C. The number of methoxy groups -OCH3 is 1. The molecule has 0 aliphatic carbocycles. The molecule has 0 heterocycles. The number of benzene rings is 2. The van der Waals surface area contributed by atoms with Crippen LogP contribution in [0.5, 0.6) is 5.75 Å². The molecule has 0 saturated carbocycles. The Bertz CT molecular complexity index is 569. The van der Waals surface area contributed by atoms with Crippen LogP contribution in [0.1, 0.15) is 28.3 Å². The molecule has 2 rings (SSSR count). The van der Waals surface area contributed by atoms with Crippen molar-refractivity contribution in [2.75, 3.05) is 13.4 Å². The quantitative estimate of drug-likeness (QED) is 0.861. The molecule has 0 saturated heterocycles. The number of hydrogen-bond acceptors (Lipinski definition) is 3. The van der Waals surface area contributed by atoms with E-state index in [1.54, 1.807) is 18.9 Å². The molecule has 0 amide bonds. The Morgan fingerprint density at radius 2 is 1.55 bits per heavy atom. The van der Waals surface area contributed by atoms with Crippen molar-refractivity contribution in [1.82, 2.24) is 0 Å². The molecule has 0 bridgehead atoms. The molecule has 0 aliphatic heterocycles. The predicted octanol–water partition coefficient (Wildman–Crippen LogP) is 4.08. The van der Waals surface area contributed by atoms with E-state index in [1.807, 2.05) is 0 Å². The summed E-state index contributed by atoms with van der Waals surface area (Å²) in [4.78, 5) is 1.25. The van der Waals surface area contributed by atoms with E-state index in [9.17, 15) is 0 Å². The van der Waals surface area contributed by atoms with Gasteiger partial charge in [-0.05, 0) is 54.5 Å². The molecule has 20 heavy (non-hydrogen) atoms. The Kier molecular flexibility index (Phi) is 4.73. The second-order valence-electron chi connectivity index (χ2n) is 4.94. The molecular formula is C17H21NOS. The lowest BCUT2D eigenvalue weighted by atomic mass is 9.96. The number of hydrogen-bond donors (Lipinski definition) is 1. The van der Waals surface area contributed by atoms with Crippen molar-refractivity contribution in [1.29, 1.82) is 0 Å². The fourth-order valence-electron chi connectivity index (χ4n) is 2.49. The van der Waals surface area contributed by atoms with E-state index in [0.717, 1.165) is 28.0 Å². The zero-order valence-electron chi connectivity index (χ0n) is 12.4. The summed E-state index contributed by atoms with van der Waals surface area (Å²) in [5.74, 6) is 0.943. The summed E-state index contributed by atoms with van der Waals surface area (Å²) in [7, 11) is 1.70. The van der Waals surface area contributed by atoms with E-state index in [1.165, 1.54) is 4.90 Å². The molecule has 0 radical (unpaired) electrons. The Labute approximate surface area is 125 Å². The van der Waals surface area contributed by atoms with Crippen molar-refractivity contribution < 1.29 is 4.74 Å². The smallest absolute Gasteiger partial charge is 0.124 e. The summed E-state index contributed by atoms with van der Waals surface area (Å²) in [6.07, 6.45) is 2.07. The van der Waals surface area contributed by atoms with Crippen LogP contribution < -0.4 is 10.5 Å². The van der Waals surface area contributed by atoms with Crippen LogP contribution in [0.2, 0.25) is 0 Å². The first-order valence-corrected chi connectivity index (χ1v) is 7.84. The largest absolute Gasteiger partial charge is 0.496 e. The van der Waals surface area contributed by atoms with E-state index >= 15 is 0 Å². The van der Waals surface area contributed by atoms with Crippen LogP contribution in [-0.2, 0) is 0 Å². The van der Waals surface area contributed by atoms with Gasteiger partial charge in [0.25, 0.3) is 0 Å². The van der Waals surface area contributed by atoms with Gasteiger partial charge in [-0.15, -0.1) is 11.8 Å². The van der Waals surface area contributed by atoms with Crippen LogP contribution in [0.4, 0.5) is 0 Å². The van der Waals surface area contributed by atoms with Gasteiger partial charge in [0, 0.05) is 4.90 Å². The summed E-state index contributed by atoms with van der Waals surface area (Å²) >= 11 is 1.74. The molecule has 0 spiro atoms. The summed E-state index contributed by atoms with van der Waals surface area (Å²) in [6.45, 7) is 4.11. The third-order valence-corrected chi connectivity index (χ3v) is 4.26. The first-order chi connectivity index (χ1) is 9.56. The zero-order valence-corrected chi connectivity index (χ0v) is 13.3. The normalized spacial score (nSPS) is 12.2. The van der Waals surface area contributed by atoms with Crippen molar-refractivity contribution in [2.24, 2.45) is 5.73 Å². The van der Waals surface area contributed by atoms with Crippen molar-refractivity contribution in [3.8, 4) is 5.75 Å². The van der Waals surface area contributed by atoms with Crippen molar-refractivity contribution in [3.63, 3.8) is 0 Å². The number of aryl methyl sites for hydroxylation is 2. The second kappa shape index (κ2) is 6.33. The standard InChI is InChI=1S/C17H21NOS/c1-11-9-14(10-12(2)17(11)19-3)16(18)13-5-7-15(20-4)8-6-13/h5-10,16H,18H2,1-4H3. The first-order valence-electron chi connectivity index (χ1n) is 6.61. The van der Waals surface area contributed by atoms with Gasteiger partial charge in [0.1, 0.15) is 5.75 Å². The lowest BCUT2D eigenvalue weighted by molar-refractivity contribution is 0.408. The Morgan fingerprint density at radius 1 is 1.00 bits per heavy atom. The van der Waals surface area contributed by atoms with E-state index < -0.39 is 0 Å². The van der Waals surface area contributed by atoms with Gasteiger partial charge in [-0.2, -0.15) is 0 Å². The highest BCUT2D eigenvalue weighted by molar-refractivity contribution is 7.98. The first kappa shape index (κ1) is 14.9. The van der Waals surface area contributed by atoms with Crippen LogP contribution in [-0.4, -0.2) is 13.4 Å². The molecule has 0 aromatic heterocycles. The van der Waals surface area contributed by atoms with E-state index in [-0.39, 0.29) is 6.04 Å². The molecule has 1 unspecified atom stereocenters. The molecule has 2 aromatic rings. The summed E-state index contributed by atoms with van der Waals surface area (Å²) in [5, 5.41) is 0. The summed E-state index contributed by atoms with van der Waals surface area (Å²) in [5.41, 5.74) is 10.9. The highest BCUT2D eigenvalue weighted by Crippen LogP contribution is 2.29. The molecule has 2 aromatic carbocycles. The topological polar surface area (TPSA) is 35.2 Å². The molecule has 0 fully saturated rings. The zero-order chi connectivity index (χ0) is 14.7. The number of thioether (sulfide) groups is 1. The van der Waals surface area contributed by atoms with Crippen LogP contribution in [0.3, 0.4) is 0 Å². The Balaban J connectivity index is 2.34. The van der Waals surface area contributed by atoms with Gasteiger partial charge >= 0.3 is 0 Å². The van der Waals surface area contributed by atoms with E-state index in [4.69, 9.17) is 10.5 Å². The average molecular weight is 287 g/mol. The predicted molar refractivity (Wildman–Crippen MR) is 86.7 cm³/mol. The lowest BCUT2D eigenvalue weighted by Crippen LogP contribution is -2.12. The maximum atomic E-state index is 6.39. The Hall–Kier alpha value is -1.45. The van der Waals surface area contributed by atoms with Gasteiger partial charge < -0.3 is 10.5 Å². The maximum Gasteiger partial charge on any atom is 0.124 e. The van der Waals surface area contributed by atoms with Gasteiger partial charge in [-0.1, -0.05) is 24.3 Å². The highest BCUT2D eigenvalue weighted by Gasteiger charge is 2.12. The fourth-order valence-corrected chi connectivity index (χ4v) is 2.90. The van der Waals surface area contributed by atoms with Crippen molar-refractivity contribution >= 4 is 11.8 Å². The lowest BCUT2D eigenvalue weighted by Gasteiger charge is -2.17. The summed E-state index contributed by atoms with van der Waals surface area (Å²) in [6, 6.07) is 12.6. The molecule has 0 aliphatic rings. The number of ether oxygens (including phenoxy) is 1. The van der Waals surface area contributed by atoms with Gasteiger partial charge in [0.2, 0.25) is 0 Å². The molecule has 2 N–H and O–H groups in total. The minimum absolute atomic E-state index is 0.103. The van der Waals surface area contributed by atoms with Gasteiger partial charge in [0.05, 0.1) is 13.2 Å². The molecule has 3 heteroatoms. The monoisotopic (exact) mass is 287 g/mol. The van der Waals surface area contributed by atoms with Crippen LogP contribution in [0, 0.1) is 13.8 Å². The third kappa shape index (κ3) is 3.00. The molecule has 106 valence electrons. The maximum absolute atomic E-state index is 6.39. The summed E-state index contributed by atoms with van der Waals surface area (Å²) < 4.78 is 5.40. The van der Waals surface area contributed by atoms with Gasteiger partial charge in [-0.3, -0.25) is 0 Å². The van der Waals surface area contributed by atoms with E-state index in [2.05, 4.69) is 56.5 Å². The van der Waals surface area contributed by atoms with Gasteiger partial charge in [-0.25, -0.2) is 0 Å². The van der Waals surface area contributed by atoms with Crippen molar-refractivity contribution in [2.45, 2.75) is 24.8 Å². The van der Waals surface area contributed by atoms with Crippen molar-refractivity contribution in [3.05, 3.63) is 58.7 Å². The number of nitrogens with two attached hydrogens (primary N) is 1. The molecule has 1 atom stereocenters. The Morgan fingerprint density at radius 3 is 2.00 bits per heavy atom. The average Bonchev–Trinajstić information content (AvgIpc) is 2.46. The number of rotatable bonds is 4. The molecule has 2 nitrogen and oxygen atoms in total. The highest BCUT2D eigenvalue weighted by atomic mass is 32.2. The van der Waals surface area contributed by atoms with Crippen LogP contribution >= 0.6 is 11.8 Å². The minimum atomic E-state index is -0.103.